The molecule has 0 unspecified atom stereocenters. The lowest BCUT2D eigenvalue weighted by molar-refractivity contribution is 0.662. The number of aromatic nitrogens is 1. The number of anilines is 3. The van der Waals surface area contributed by atoms with Crippen molar-refractivity contribution in [1.82, 2.24) is 4.57 Å². The van der Waals surface area contributed by atoms with Crippen LogP contribution in [0.15, 0.2) is 189 Å². The first-order chi connectivity index (χ1) is 27.4. The highest BCUT2D eigenvalue weighted by Crippen LogP contribution is 2.52. The number of nitrogens with zero attached hydrogens (tertiary/aromatic N) is 2. The highest BCUT2D eigenvalue weighted by atomic mass is 15.1. The van der Waals surface area contributed by atoms with Crippen LogP contribution in [0.4, 0.5) is 17.1 Å². The summed E-state index contributed by atoms with van der Waals surface area (Å²) in [5, 5.41) is 4.91. The molecular weight excluding hydrogens is 677 g/mol. The van der Waals surface area contributed by atoms with Crippen molar-refractivity contribution in [3.05, 3.63) is 211 Å². The minimum absolute atomic E-state index is 0.101. The molecule has 8 aromatic carbocycles. The number of aryl methyl sites for hydroxylation is 1. The predicted octanol–water partition coefficient (Wildman–Crippen LogP) is 14.9. The van der Waals surface area contributed by atoms with E-state index in [2.05, 4.69) is 213 Å². The summed E-state index contributed by atoms with van der Waals surface area (Å²) in [6, 6.07) is 62.4. The monoisotopic (exact) mass is 718 g/mol. The Morgan fingerprint density at radius 2 is 1.20 bits per heavy atom. The summed E-state index contributed by atoms with van der Waals surface area (Å²) < 4.78 is 2.40. The molecular formula is C54H42N2. The minimum Gasteiger partial charge on any atom is -0.310 e. The first-order valence-corrected chi connectivity index (χ1v) is 19.5. The molecule has 9 aromatic rings. The van der Waals surface area contributed by atoms with Gasteiger partial charge in [0.25, 0.3) is 0 Å². The molecule has 0 fully saturated rings. The van der Waals surface area contributed by atoms with E-state index < -0.39 is 0 Å². The van der Waals surface area contributed by atoms with Gasteiger partial charge in [-0.25, -0.2) is 0 Å². The van der Waals surface area contributed by atoms with Crippen LogP contribution in [0.5, 0.6) is 0 Å². The largest absolute Gasteiger partial charge is 0.310 e. The van der Waals surface area contributed by atoms with Gasteiger partial charge in [0, 0.05) is 38.6 Å². The summed E-state index contributed by atoms with van der Waals surface area (Å²) in [6.07, 6.45) is 6.05. The molecule has 0 amide bonds. The van der Waals surface area contributed by atoms with Crippen molar-refractivity contribution in [3.8, 4) is 27.9 Å². The molecule has 0 radical (unpaired) electrons. The summed E-state index contributed by atoms with van der Waals surface area (Å²) in [5.41, 5.74) is 17.1. The standard InChI is InChI=1S/C54H42N2/c1-5-6-17-38-34-51(45-22-11-10-20-42(45)36(38)2)55(41-32-33-47-46-23-13-15-27-50(46)56(52(47)35-41)39-18-8-7-9-19-39)40-30-28-37(29-31-40)43-24-16-25-48-44-21-12-14-26-49(44)54(3,4)53(43)48/h5-35H,1H2,2-4H3/b17-6-. The van der Waals surface area contributed by atoms with Gasteiger partial charge in [-0.15, -0.1) is 0 Å². The Balaban J connectivity index is 1.21. The van der Waals surface area contributed by atoms with E-state index in [0.29, 0.717) is 0 Å². The summed E-state index contributed by atoms with van der Waals surface area (Å²) in [4.78, 5) is 2.44. The number of hydrogen-bond donors (Lipinski definition) is 0. The van der Waals surface area contributed by atoms with E-state index >= 15 is 0 Å². The SMILES string of the molecule is C=C/C=C\c1cc(N(c2ccc(-c3cccc4c3C(C)(C)c3ccccc3-4)cc2)c2ccc3c4ccccc4n(-c4ccccc4)c3c2)c2ccccc2c1C. The van der Waals surface area contributed by atoms with Crippen molar-refractivity contribution in [3.63, 3.8) is 0 Å². The maximum atomic E-state index is 3.98. The van der Waals surface area contributed by atoms with Crippen LogP contribution in [0.3, 0.4) is 0 Å². The molecule has 1 aliphatic carbocycles. The second-order valence-electron chi connectivity index (χ2n) is 15.4. The number of hydrogen-bond acceptors (Lipinski definition) is 1. The van der Waals surface area contributed by atoms with Crippen molar-refractivity contribution in [2.24, 2.45) is 0 Å². The molecule has 0 saturated carbocycles. The zero-order valence-corrected chi connectivity index (χ0v) is 32.0. The van der Waals surface area contributed by atoms with Crippen LogP contribution in [0, 0.1) is 6.92 Å². The van der Waals surface area contributed by atoms with E-state index in [1.54, 1.807) is 0 Å². The van der Waals surface area contributed by atoms with E-state index in [0.717, 1.165) is 22.7 Å². The Labute approximate surface area is 328 Å². The lowest BCUT2D eigenvalue weighted by Crippen LogP contribution is -2.16. The quantitative estimate of drug-likeness (QED) is 0.149. The van der Waals surface area contributed by atoms with E-state index in [-0.39, 0.29) is 5.41 Å². The van der Waals surface area contributed by atoms with Crippen LogP contribution in [-0.2, 0) is 5.41 Å². The fraction of sp³-hybridized carbons (Fsp3) is 0.0741. The predicted molar refractivity (Wildman–Crippen MR) is 240 cm³/mol. The van der Waals surface area contributed by atoms with Gasteiger partial charge in [-0.3, -0.25) is 0 Å². The van der Waals surface area contributed by atoms with Gasteiger partial charge in [0.05, 0.1) is 16.7 Å². The third-order valence-electron chi connectivity index (χ3n) is 11.9. The Kier molecular flexibility index (Phi) is 7.90. The normalized spacial score (nSPS) is 13.1. The van der Waals surface area contributed by atoms with Crippen LogP contribution in [0.25, 0.3) is 66.6 Å². The van der Waals surface area contributed by atoms with Gasteiger partial charge < -0.3 is 9.47 Å². The van der Waals surface area contributed by atoms with Crippen molar-refractivity contribution in [1.29, 1.82) is 0 Å². The molecule has 1 aromatic heterocycles. The number of rotatable bonds is 7. The highest BCUT2D eigenvalue weighted by Gasteiger charge is 2.37. The molecule has 2 nitrogen and oxygen atoms in total. The molecule has 10 rings (SSSR count). The molecule has 268 valence electrons. The molecule has 1 aliphatic rings. The Morgan fingerprint density at radius 1 is 0.554 bits per heavy atom. The number of allylic oxidation sites excluding steroid dienone is 2. The van der Waals surface area contributed by atoms with Gasteiger partial charge in [-0.1, -0.05) is 160 Å². The topological polar surface area (TPSA) is 8.17 Å². The third kappa shape index (κ3) is 5.17. The van der Waals surface area contributed by atoms with Crippen LogP contribution in [0.1, 0.15) is 36.1 Å². The van der Waals surface area contributed by atoms with E-state index in [4.69, 9.17) is 0 Å². The average Bonchev–Trinajstić information content (AvgIpc) is 3.70. The molecule has 0 spiro atoms. The van der Waals surface area contributed by atoms with Crippen LogP contribution in [-0.4, -0.2) is 4.57 Å². The number of fused-ring (bicyclic) bond motifs is 7. The second kappa shape index (κ2) is 13.1. The smallest absolute Gasteiger partial charge is 0.0561 e. The van der Waals surface area contributed by atoms with E-state index in [1.807, 2.05) is 12.2 Å². The second-order valence-corrected chi connectivity index (χ2v) is 15.4. The summed E-state index contributed by atoms with van der Waals surface area (Å²) in [5.74, 6) is 0. The molecule has 0 N–H and O–H groups in total. The van der Waals surface area contributed by atoms with Crippen molar-refractivity contribution < 1.29 is 0 Å². The van der Waals surface area contributed by atoms with Gasteiger partial charge in [0.1, 0.15) is 0 Å². The third-order valence-corrected chi connectivity index (χ3v) is 11.9. The summed E-state index contributed by atoms with van der Waals surface area (Å²) in [6.45, 7) is 10.9. The molecule has 56 heavy (non-hydrogen) atoms. The van der Waals surface area contributed by atoms with Gasteiger partial charge in [0.2, 0.25) is 0 Å². The van der Waals surface area contributed by atoms with Gasteiger partial charge >= 0.3 is 0 Å². The minimum atomic E-state index is -0.101. The zero-order valence-electron chi connectivity index (χ0n) is 32.0. The maximum absolute atomic E-state index is 3.98. The van der Waals surface area contributed by atoms with E-state index in [9.17, 15) is 0 Å². The van der Waals surface area contributed by atoms with E-state index in [1.165, 1.54) is 77.1 Å². The van der Waals surface area contributed by atoms with Crippen molar-refractivity contribution in [2.45, 2.75) is 26.2 Å². The Morgan fingerprint density at radius 3 is 2.00 bits per heavy atom. The molecule has 0 saturated heterocycles. The molecule has 0 atom stereocenters. The molecule has 0 aliphatic heterocycles. The van der Waals surface area contributed by atoms with Gasteiger partial charge in [-0.05, 0) is 105 Å². The Bertz CT molecular complexity index is 3010. The van der Waals surface area contributed by atoms with Crippen molar-refractivity contribution >= 4 is 55.7 Å². The lowest BCUT2D eigenvalue weighted by Gasteiger charge is -2.29. The lowest BCUT2D eigenvalue weighted by atomic mass is 9.79. The maximum Gasteiger partial charge on any atom is 0.0561 e. The van der Waals surface area contributed by atoms with Crippen molar-refractivity contribution in [2.75, 3.05) is 4.90 Å². The Hall–Kier alpha value is -6.90. The molecule has 2 heteroatoms. The van der Waals surface area contributed by atoms with Gasteiger partial charge in [0.15, 0.2) is 0 Å². The average molecular weight is 719 g/mol. The first-order valence-electron chi connectivity index (χ1n) is 19.5. The summed E-state index contributed by atoms with van der Waals surface area (Å²) in [7, 11) is 0. The fourth-order valence-electron chi connectivity index (χ4n) is 9.31. The number of para-hydroxylation sites is 2. The molecule has 0 bridgehead atoms. The zero-order chi connectivity index (χ0) is 38.0. The molecule has 1 heterocycles. The van der Waals surface area contributed by atoms with Crippen LogP contribution >= 0.6 is 0 Å². The fourth-order valence-corrected chi connectivity index (χ4v) is 9.31. The number of benzene rings is 8. The van der Waals surface area contributed by atoms with Crippen LogP contribution < -0.4 is 4.90 Å². The first kappa shape index (κ1) is 33.7. The highest BCUT2D eigenvalue weighted by molar-refractivity contribution is 6.11. The summed E-state index contributed by atoms with van der Waals surface area (Å²) >= 11 is 0. The van der Waals surface area contributed by atoms with Gasteiger partial charge in [-0.2, -0.15) is 0 Å². The van der Waals surface area contributed by atoms with Crippen LogP contribution in [0.2, 0.25) is 0 Å².